The Hall–Kier alpha value is -1.96. The molecule has 0 spiro atoms. The van der Waals surface area contributed by atoms with E-state index in [1.54, 1.807) is 17.5 Å². The second-order valence-corrected chi connectivity index (χ2v) is 9.89. The molecule has 1 amide bonds. The molecule has 7 heteroatoms. The number of carbonyl (C=O) groups excluding carboxylic acids is 1. The van der Waals surface area contributed by atoms with Crippen molar-refractivity contribution in [2.45, 2.75) is 26.3 Å². The first kappa shape index (κ1) is 20.3. The summed E-state index contributed by atoms with van der Waals surface area (Å²) in [6, 6.07) is 12.4. The highest BCUT2D eigenvalue weighted by Gasteiger charge is 2.21. The third-order valence-electron chi connectivity index (χ3n) is 5.18. The smallest absolute Gasteiger partial charge is 0.223 e. The highest BCUT2D eigenvalue weighted by molar-refractivity contribution is 9.11. The van der Waals surface area contributed by atoms with E-state index in [1.165, 1.54) is 14.2 Å². The van der Waals surface area contributed by atoms with Crippen molar-refractivity contribution in [1.82, 2.24) is 14.8 Å². The Labute approximate surface area is 183 Å². The van der Waals surface area contributed by atoms with Crippen LogP contribution in [0.15, 0.2) is 50.8 Å². The number of carbonyl (C=O) groups is 1. The van der Waals surface area contributed by atoms with E-state index >= 15 is 0 Å². The summed E-state index contributed by atoms with van der Waals surface area (Å²) in [5.41, 5.74) is 2.22. The molecule has 29 heavy (non-hydrogen) atoms. The SMILES string of the molecule is Cc1ccc(-c2cnc(CCC(=O)N3CCN(Cc4ccc(Br)s4)CC3)o2)cc1. The molecule has 3 heterocycles. The Kier molecular flexibility index (Phi) is 6.47. The van der Waals surface area contributed by atoms with E-state index in [0.29, 0.717) is 18.7 Å². The lowest BCUT2D eigenvalue weighted by molar-refractivity contribution is -0.133. The van der Waals surface area contributed by atoms with Gasteiger partial charge in [-0.05, 0) is 35.0 Å². The van der Waals surface area contributed by atoms with Crippen molar-refractivity contribution in [2.24, 2.45) is 0 Å². The molecule has 0 radical (unpaired) electrons. The first-order valence-corrected chi connectivity index (χ1v) is 11.4. The van der Waals surface area contributed by atoms with Gasteiger partial charge in [0.05, 0.1) is 9.98 Å². The van der Waals surface area contributed by atoms with Gasteiger partial charge >= 0.3 is 0 Å². The fourth-order valence-corrected chi connectivity index (χ4v) is 4.99. The Bertz CT molecular complexity index is 959. The molecule has 1 saturated heterocycles. The quantitative estimate of drug-likeness (QED) is 0.518. The maximum absolute atomic E-state index is 12.6. The van der Waals surface area contributed by atoms with E-state index in [2.05, 4.69) is 57.0 Å². The van der Waals surface area contributed by atoms with Crippen LogP contribution in [0.25, 0.3) is 11.3 Å². The summed E-state index contributed by atoms with van der Waals surface area (Å²) >= 11 is 5.29. The van der Waals surface area contributed by atoms with Gasteiger partial charge in [-0.1, -0.05) is 29.8 Å². The van der Waals surface area contributed by atoms with Crippen LogP contribution in [0.5, 0.6) is 0 Å². The van der Waals surface area contributed by atoms with Crippen molar-refractivity contribution < 1.29 is 9.21 Å². The number of oxazole rings is 1. The molecule has 1 fully saturated rings. The number of nitrogens with zero attached hydrogens (tertiary/aromatic N) is 3. The number of benzene rings is 1. The third-order valence-corrected chi connectivity index (χ3v) is 6.78. The number of hydrogen-bond acceptors (Lipinski definition) is 5. The van der Waals surface area contributed by atoms with Crippen molar-refractivity contribution in [3.05, 3.63) is 62.7 Å². The van der Waals surface area contributed by atoms with Crippen LogP contribution in [0.2, 0.25) is 0 Å². The normalized spacial score (nSPS) is 15.0. The molecule has 1 aromatic carbocycles. The molecule has 0 saturated carbocycles. The van der Waals surface area contributed by atoms with Crippen LogP contribution in [0.3, 0.4) is 0 Å². The molecule has 4 rings (SSSR count). The second kappa shape index (κ2) is 9.24. The second-order valence-electron chi connectivity index (χ2n) is 7.35. The van der Waals surface area contributed by atoms with Crippen LogP contribution < -0.4 is 0 Å². The van der Waals surface area contributed by atoms with Crippen molar-refractivity contribution >= 4 is 33.2 Å². The lowest BCUT2D eigenvalue weighted by Gasteiger charge is -2.34. The van der Waals surface area contributed by atoms with E-state index < -0.39 is 0 Å². The van der Waals surface area contributed by atoms with E-state index in [0.717, 1.165) is 44.0 Å². The van der Waals surface area contributed by atoms with Gasteiger partial charge in [0.1, 0.15) is 0 Å². The van der Waals surface area contributed by atoms with Crippen molar-refractivity contribution in [2.75, 3.05) is 26.2 Å². The molecule has 0 unspecified atom stereocenters. The number of thiophene rings is 1. The average Bonchev–Trinajstić information content (AvgIpc) is 3.36. The minimum absolute atomic E-state index is 0.179. The van der Waals surface area contributed by atoms with E-state index in [-0.39, 0.29) is 5.91 Å². The maximum atomic E-state index is 12.6. The summed E-state index contributed by atoms with van der Waals surface area (Å²) < 4.78 is 7.01. The van der Waals surface area contributed by atoms with E-state index in [1.807, 2.05) is 17.0 Å². The van der Waals surface area contributed by atoms with Gasteiger partial charge in [0, 0.05) is 56.0 Å². The molecule has 2 aromatic heterocycles. The largest absolute Gasteiger partial charge is 0.441 e. The van der Waals surface area contributed by atoms with Gasteiger partial charge in [-0.3, -0.25) is 9.69 Å². The summed E-state index contributed by atoms with van der Waals surface area (Å²) in [5, 5.41) is 0. The van der Waals surface area contributed by atoms with Crippen LogP contribution in [0.1, 0.15) is 22.8 Å². The van der Waals surface area contributed by atoms with Gasteiger partial charge in [0.15, 0.2) is 11.7 Å². The van der Waals surface area contributed by atoms with E-state index in [4.69, 9.17) is 4.42 Å². The highest BCUT2D eigenvalue weighted by Crippen LogP contribution is 2.24. The van der Waals surface area contributed by atoms with E-state index in [9.17, 15) is 4.79 Å². The summed E-state index contributed by atoms with van der Waals surface area (Å²) in [6.07, 6.45) is 2.71. The first-order chi connectivity index (χ1) is 14.1. The van der Waals surface area contributed by atoms with Gasteiger partial charge in [-0.2, -0.15) is 0 Å². The Morgan fingerprint density at radius 1 is 1.14 bits per heavy atom. The standard InChI is InChI=1S/C22H24BrN3O2S/c1-16-2-4-17(5-3-16)19-14-24-21(28-19)8-9-22(27)26-12-10-25(11-13-26)15-18-6-7-20(23)29-18/h2-7,14H,8-13,15H2,1H3. The monoisotopic (exact) mass is 473 g/mol. The van der Waals surface area contributed by atoms with Crippen LogP contribution in [-0.2, 0) is 17.8 Å². The Morgan fingerprint density at radius 2 is 1.90 bits per heavy atom. The lowest BCUT2D eigenvalue weighted by Crippen LogP contribution is -2.48. The van der Waals surface area contributed by atoms with Gasteiger partial charge in [-0.15, -0.1) is 11.3 Å². The number of aryl methyl sites for hydroxylation is 2. The fourth-order valence-electron chi connectivity index (χ4n) is 3.46. The number of hydrogen-bond donors (Lipinski definition) is 0. The predicted octanol–water partition coefficient (Wildman–Crippen LogP) is 4.75. The van der Waals surface area contributed by atoms with Crippen molar-refractivity contribution in [3.8, 4) is 11.3 Å². The molecule has 0 bridgehead atoms. The molecule has 0 aliphatic carbocycles. The molecule has 1 aliphatic heterocycles. The zero-order chi connectivity index (χ0) is 20.2. The number of aromatic nitrogens is 1. The molecule has 5 nitrogen and oxygen atoms in total. The van der Waals surface area contributed by atoms with Gasteiger partial charge < -0.3 is 9.32 Å². The topological polar surface area (TPSA) is 49.6 Å². The van der Waals surface area contributed by atoms with Crippen molar-refractivity contribution in [1.29, 1.82) is 0 Å². The van der Waals surface area contributed by atoms with Gasteiger partial charge in [-0.25, -0.2) is 4.98 Å². The summed E-state index contributed by atoms with van der Waals surface area (Å²) in [6.45, 7) is 6.41. The number of halogens is 1. The minimum Gasteiger partial charge on any atom is -0.441 e. The fraction of sp³-hybridized carbons (Fsp3) is 0.364. The Balaban J connectivity index is 1.24. The summed E-state index contributed by atoms with van der Waals surface area (Å²) in [5.74, 6) is 1.55. The molecule has 0 atom stereocenters. The summed E-state index contributed by atoms with van der Waals surface area (Å²) in [4.78, 5) is 22.7. The average molecular weight is 474 g/mol. The lowest BCUT2D eigenvalue weighted by atomic mass is 10.1. The van der Waals surface area contributed by atoms with Gasteiger partial charge in [0.25, 0.3) is 0 Å². The molecule has 1 aliphatic rings. The first-order valence-electron chi connectivity index (χ1n) is 9.83. The third kappa shape index (κ3) is 5.35. The van der Waals surface area contributed by atoms with Crippen LogP contribution in [0, 0.1) is 6.92 Å². The number of amides is 1. The van der Waals surface area contributed by atoms with Crippen LogP contribution in [0.4, 0.5) is 0 Å². The van der Waals surface area contributed by atoms with Crippen molar-refractivity contribution in [3.63, 3.8) is 0 Å². The zero-order valence-corrected chi connectivity index (χ0v) is 18.8. The maximum Gasteiger partial charge on any atom is 0.223 e. The summed E-state index contributed by atoms with van der Waals surface area (Å²) in [7, 11) is 0. The van der Waals surface area contributed by atoms with Crippen LogP contribution in [-0.4, -0.2) is 46.9 Å². The molecule has 3 aromatic rings. The van der Waals surface area contributed by atoms with Gasteiger partial charge in [0.2, 0.25) is 5.91 Å². The zero-order valence-electron chi connectivity index (χ0n) is 16.4. The molecular formula is C22H24BrN3O2S. The molecule has 0 N–H and O–H groups in total. The van der Waals surface area contributed by atoms with Crippen LogP contribution >= 0.6 is 27.3 Å². The number of rotatable bonds is 6. The Morgan fingerprint density at radius 3 is 2.59 bits per heavy atom. The molecular weight excluding hydrogens is 450 g/mol. The molecule has 152 valence electrons. The highest BCUT2D eigenvalue weighted by atomic mass is 79.9. The predicted molar refractivity (Wildman–Crippen MR) is 119 cm³/mol. The minimum atomic E-state index is 0.179. The number of piperazine rings is 1.